The zero-order valence-corrected chi connectivity index (χ0v) is 9.52. The first-order valence-electron chi connectivity index (χ1n) is 4.94. The van der Waals surface area contributed by atoms with Gasteiger partial charge in [0.05, 0.1) is 13.2 Å². The van der Waals surface area contributed by atoms with Gasteiger partial charge in [0.15, 0.2) is 5.57 Å². The third kappa shape index (κ3) is 5.19. The second-order valence-electron chi connectivity index (χ2n) is 2.59. The summed E-state index contributed by atoms with van der Waals surface area (Å²) in [6.07, 6.45) is 2.52. The third-order valence-electron chi connectivity index (χ3n) is 1.41. The number of hydrogen-bond acceptors (Lipinski definition) is 5. The lowest BCUT2D eigenvalue weighted by Gasteiger charge is -2.06. The van der Waals surface area contributed by atoms with Crippen LogP contribution in [0.4, 0.5) is 0 Å². The van der Waals surface area contributed by atoms with Crippen molar-refractivity contribution in [1.29, 1.82) is 0 Å². The molecule has 0 heterocycles. The van der Waals surface area contributed by atoms with Gasteiger partial charge in [-0.1, -0.05) is 12.7 Å². The van der Waals surface area contributed by atoms with Crippen molar-refractivity contribution in [3.8, 4) is 0 Å². The van der Waals surface area contributed by atoms with Crippen molar-refractivity contribution in [3.05, 3.63) is 24.5 Å². The predicted molar refractivity (Wildman–Crippen MR) is 57.5 cm³/mol. The molecule has 0 amide bonds. The van der Waals surface area contributed by atoms with Crippen LogP contribution in [-0.2, 0) is 23.8 Å². The van der Waals surface area contributed by atoms with E-state index in [2.05, 4.69) is 16.1 Å². The molecule has 0 saturated heterocycles. The van der Waals surface area contributed by atoms with E-state index in [1.165, 1.54) is 6.08 Å². The van der Waals surface area contributed by atoms with Gasteiger partial charge < -0.3 is 14.2 Å². The third-order valence-corrected chi connectivity index (χ3v) is 1.41. The number of carbonyl (C=O) groups excluding carboxylic acids is 2. The van der Waals surface area contributed by atoms with Crippen LogP contribution in [0.2, 0.25) is 0 Å². The van der Waals surface area contributed by atoms with E-state index >= 15 is 0 Å². The minimum absolute atomic E-state index is 0.178. The molecule has 0 unspecified atom stereocenters. The number of esters is 2. The van der Waals surface area contributed by atoms with Gasteiger partial charge in [-0.3, -0.25) is 0 Å². The molecule has 0 fully saturated rings. The van der Waals surface area contributed by atoms with Crippen LogP contribution in [0.15, 0.2) is 24.5 Å². The molecule has 0 aliphatic rings. The van der Waals surface area contributed by atoms with Crippen LogP contribution >= 0.6 is 0 Å². The highest BCUT2D eigenvalue weighted by Gasteiger charge is 2.21. The summed E-state index contributed by atoms with van der Waals surface area (Å²) in [5.74, 6) is -1.52. The van der Waals surface area contributed by atoms with E-state index in [1.54, 1.807) is 13.8 Å². The van der Waals surface area contributed by atoms with Crippen molar-refractivity contribution in [1.82, 2.24) is 0 Å². The Hall–Kier alpha value is -1.78. The summed E-state index contributed by atoms with van der Waals surface area (Å²) in [7, 11) is 0. The van der Waals surface area contributed by atoms with E-state index in [4.69, 9.17) is 4.74 Å². The van der Waals surface area contributed by atoms with Crippen molar-refractivity contribution in [2.75, 3.05) is 19.8 Å². The Morgan fingerprint density at radius 1 is 1.12 bits per heavy atom. The highest BCUT2D eigenvalue weighted by atomic mass is 16.6. The zero-order valence-electron chi connectivity index (χ0n) is 9.52. The van der Waals surface area contributed by atoms with E-state index in [9.17, 15) is 9.59 Å². The molecule has 0 bridgehead atoms. The molecule has 0 atom stereocenters. The van der Waals surface area contributed by atoms with Crippen LogP contribution in [0.1, 0.15) is 13.8 Å². The van der Waals surface area contributed by atoms with Gasteiger partial charge >= 0.3 is 11.9 Å². The van der Waals surface area contributed by atoms with E-state index in [1.807, 2.05) is 0 Å². The summed E-state index contributed by atoms with van der Waals surface area (Å²) < 4.78 is 14.3. The molecule has 16 heavy (non-hydrogen) atoms. The van der Waals surface area contributed by atoms with Crippen LogP contribution in [0, 0.1) is 0 Å². The maximum absolute atomic E-state index is 11.4. The molecule has 0 rings (SSSR count). The molecule has 90 valence electrons. The van der Waals surface area contributed by atoms with Crippen molar-refractivity contribution < 1.29 is 23.8 Å². The van der Waals surface area contributed by atoms with Gasteiger partial charge in [-0.25, -0.2) is 9.59 Å². The molecule has 0 aromatic heterocycles. The Morgan fingerprint density at radius 3 is 2.00 bits per heavy atom. The largest absolute Gasteiger partial charge is 0.496 e. The van der Waals surface area contributed by atoms with E-state index in [0.717, 1.165) is 6.26 Å². The van der Waals surface area contributed by atoms with Gasteiger partial charge in [0.25, 0.3) is 0 Å². The topological polar surface area (TPSA) is 61.8 Å². The maximum atomic E-state index is 11.4. The van der Waals surface area contributed by atoms with Gasteiger partial charge in [0, 0.05) is 0 Å². The molecule has 0 aliphatic heterocycles. The van der Waals surface area contributed by atoms with Crippen LogP contribution in [0.5, 0.6) is 0 Å². The Balaban J connectivity index is 4.60. The summed E-state index contributed by atoms with van der Waals surface area (Å²) in [4.78, 5) is 22.7. The fourth-order valence-corrected chi connectivity index (χ4v) is 0.797. The predicted octanol–water partition coefficient (Wildman–Crippen LogP) is 1.20. The van der Waals surface area contributed by atoms with Crippen molar-refractivity contribution >= 4 is 11.9 Å². The molecule has 5 nitrogen and oxygen atoms in total. The summed E-state index contributed by atoms with van der Waals surface area (Å²) >= 11 is 0. The number of hydrogen-bond donors (Lipinski definition) is 0. The van der Waals surface area contributed by atoms with Gasteiger partial charge in [0.2, 0.25) is 0 Å². The molecule has 0 aromatic rings. The van der Waals surface area contributed by atoms with Crippen LogP contribution in [-0.4, -0.2) is 31.8 Å². The van der Waals surface area contributed by atoms with E-state index in [-0.39, 0.29) is 25.4 Å². The van der Waals surface area contributed by atoms with Crippen molar-refractivity contribution in [2.45, 2.75) is 13.8 Å². The normalized spacial score (nSPS) is 8.88. The molecular weight excluding hydrogens is 212 g/mol. The molecular formula is C11H16O5. The van der Waals surface area contributed by atoms with E-state index in [0.29, 0.717) is 0 Å². The van der Waals surface area contributed by atoms with Crippen LogP contribution in [0.25, 0.3) is 0 Å². The molecule has 5 heteroatoms. The average molecular weight is 228 g/mol. The first-order chi connectivity index (χ1) is 7.67. The Bertz CT molecular complexity index is 260. The maximum Gasteiger partial charge on any atom is 0.348 e. The lowest BCUT2D eigenvalue weighted by molar-refractivity contribution is -0.146. The zero-order chi connectivity index (χ0) is 12.4. The quantitative estimate of drug-likeness (QED) is 0.125. The van der Waals surface area contributed by atoms with Gasteiger partial charge in [-0.15, -0.1) is 0 Å². The number of carbonyl (C=O) groups is 2. The fraction of sp³-hybridized carbons (Fsp3) is 0.455. The SMILES string of the molecule is C=CCOC=C(C(=O)OCC)C(=O)OCC. The monoisotopic (exact) mass is 228 g/mol. The van der Waals surface area contributed by atoms with Gasteiger partial charge in [0.1, 0.15) is 12.9 Å². The molecule has 0 spiro atoms. The fourth-order valence-electron chi connectivity index (χ4n) is 0.797. The summed E-state index contributed by atoms with van der Waals surface area (Å²) in [6, 6.07) is 0. The molecule has 0 aliphatic carbocycles. The highest BCUT2D eigenvalue weighted by molar-refractivity contribution is 6.13. The van der Waals surface area contributed by atoms with Crippen LogP contribution < -0.4 is 0 Å². The van der Waals surface area contributed by atoms with Crippen molar-refractivity contribution in [2.24, 2.45) is 0 Å². The number of ether oxygens (including phenoxy) is 3. The smallest absolute Gasteiger partial charge is 0.348 e. The minimum atomic E-state index is -0.759. The Kier molecular flexibility index (Phi) is 7.57. The highest BCUT2D eigenvalue weighted by Crippen LogP contribution is 2.02. The lowest BCUT2D eigenvalue weighted by Crippen LogP contribution is -2.18. The molecule has 0 saturated carbocycles. The second kappa shape index (κ2) is 8.52. The summed E-state index contributed by atoms with van der Waals surface area (Å²) in [6.45, 7) is 7.27. The molecule has 0 N–H and O–H groups in total. The van der Waals surface area contributed by atoms with E-state index < -0.39 is 11.9 Å². The molecule has 0 aromatic carbocycles. The Labute approximate surface area is 94.7 Å². The van der Waals surface area contributed by atoms with Crippen molar-refractivity contribution in [3.63, 3.8) is 0 Å². The number of rotatable bonds is 7. The standard InChI is InChI=1S/C11H16O5/c1-4-7-14-8-9(10(12)15-5-2)11(13)16-6-3/h4,8H,1,5-7H2,2-3H3. The average Bonchev–Trinajstić information content (AvgIpc) is 2.25. The van der Waals surface area contributed by atoms with Crippen LogP contribution in [0.3, 0.4) is 0 Å². The summed E-state index contributed by atoms with van der Waals surface area (Å²) in [5.41, 5.74) is -0.259. The van der Waals surface area contributed by atoms with Gasteiger partial charge in [-0.2, -0.15) is 0 Å². The molecule has 0 radical (unpaired) electrons. The summed E-state index contributed by atoms with van der Waals surface area (Å²) in [5, 5.41) is 0. The van der Waals surface area contributed by atoms with Gasteiger partial charge in [-0.05, 0) is 13.8 Å². The first-order valence-corrected chi connectivity index (χ1v) is 4.94. The first kappa shape index (κ1) is 14.2. The Morgan fingerprint density at radius 2 is 1.62 bits per heavy atom. The second-order valence-corrected chi connectivity index (χ2v) is 2.59. The minimum Gasteiger partial charge on any atom is -0.496 e. The lowest BCUT2D eigenvalue weighted by atomic mass is 10.3.